The number of aliphatic imine (C=N–C) groups is 2. The molecule has 10 aromatic rings. The zero-order chi connectivity index (χ0) is 34.2. The van der Waals surface area contributed by atoms with Gasteiger partial charge in [0.05, 0.1) is 0 Å². The Morgan fingerprint density at radius 3 is 2.06 bits per heavy atom. The van der Waals surface area contributed by atoms with Crippen LogP contribution in [0.15, 0.2) is 183 Å². The summed E-state index contributed by atoms with van der Waals surface area (Å²) in [6.45, 7) is 0. The van der Waals surface area contributed by atoms with Crippen molar-refractivity contribution in [3.63, 3.8) is 0 Å². The van der Waals surface area contributed by atoms with Crippen LogP contribution in [-0.4, -0.2) is 11.7 Å². The molecule has 0 radical (unpaired) electrons. The van der Waals surface area contributed by atoms with E-state index < -0.39 is 0 Å². The Hall–Kier alpha value is -6.98. The van der Waals surface area contributed by atoms with E-state index in [1.54, 1.807) is 0 Å². The fourth-order valence-electron chi connectivity index (χ4n) is 7.76. The van der Waals surface area contributed by atoms with Gasteiger partial charge in [-0.05, 0) is 69.1 Å². The van der Waals surface area contributed by atoms with Crippen LogP contribution in [0.3, 0.4) is 0 Å². The number of nitrogens with zero attached hydrogens (tertiary/aromatic N) is 2. The lowest BCUT2D eigenvalue weighted by atomic mass is 9.96. The molecule has 0 bridgehead atoms. The third-order valence-corrected chi connectivity index (χ3v) is 10.3. The number of amidine groups is 2. The third-order valence-electron chi connectivity index (χ3n) is 10.3. The standard InChI is InChI=1S/C47H29N3O2/c1-2-12-29(13-3-1)45-48-46(33-22-21-28-11-4-5-14-30(28)23-33)50-47(49-45)39-25-34(27-42-43(39)37-17-8-9-20-40(37)51-42)35-18-10-19-36-38-24-31-15-6-7-16-32(31)26-41(38)52-44(35)36/h1-27,46H,(H,48,49,50). The summed E-state index contributed by atoms with van der Waals surface area (Å²) in [6.07, 6.45) is -0.364. The van der Waals surface area contributed by atoms with Crippen molar-refractivity contribution >= 4 is 77.1 Å². The van der Waals surface area contributed by atoms with Crippen molar-refractivity contribution in [2.24, 2.45) is 9.98 Å². The summed E-state index contributed by atoms with van der Waals surface area (Å²) in [6, 6.07) is 56.9. The first-order chi connectivity index (χ1) is 25.7. The maximum absolute atomic E-state index is 6.69. The molecule has 0 spiro atoms. The van der Waals surface area contributed by atoms with Gasteiger partial charge >= 0.3 is 0 Å². The zero-order valence-corrected chi connectivity index (χ0v) is 27.9. The molecule has 5 heteroatoms. The van der Waals surface area contributed by atoms with E-state index in [0.717, 1.165) is 82.9 Å². The Labute approximate surface area is 298 Å². The van der Waals surface area contributed by atoms with Crippen molar-refractivity contribution in [2.75, 3.05) is 0 Å². The minimum absolute atomic E-state index is 0.364. The molecule has 1 unspecified atom stereocenters. The lowest BCUT2D eigenvalue weighted by molar-refractivity contribution is 0.667. The fraction of sp³-hybridized carbons (Fsp3) is 0.0213. The first-order valence-corrected chi connectivity index (χ1v) is 17.5. The van der Waals surface area contributed by atoms with Gasteiger partial charge in [0.15, 0.2) is 5.84 Å². The summed E-state index contributed by atoms with van der Waals surface area (Å²) in [5, 5.41) is 12.7. The highest BCUT2D eigenvalue weighted by Crippen LogP contribution is 2.41. The second kappa shape index (κ2) is 11.3. The molecule has 0 saturated carbocycles. The van der Waals surface area contributed by atoms with Crippen LogP contribution in [0.5, 0.6) is 0 Å². The zero-order valence-electron chi connectivity index (χ0n) is 27.9. The van der Waals surface area contributed by atoms with Crippen LogP contribution >= 0.6 is 0 Å². The average molecular weight is 668 g/mol. The van der Waals surface area contributed by atoms with Crippen molar-refractivity contribution in [1.29, 1.82) is 0 Å². The molecule has 244 valence electrons. The minimum Gasteiger partial charge on any atom is -0.456 e. The number of fused-ring (bicyclic) bond motifs is 8. The van der Waals surface area contributed by atoms with E-state index >= 15 is 0 Å². The van der Waals surface area contributed by atoms with Gasteiger partial charge < -0.3 is 14.2 Å². The monoisotopic (exact) mass is 667 g/mol. The van der Waals surface area contributed by atoms with Gasteiger partial charge in [-0.25, -0.2) is 9.98 Å². The molecule has 3 heterocycles. The van der Waals surface area contributed by atoms with Crippen LogP contribution in [0.25, 0.3) is 76.5 Å². The lowest BCUT2D eigenvalue weighted by Crippen LogP contribution is -2.33. The van der Waals surface area contributed by atoms with Crippen molar-refractivity contribution in [3.05, 3.63) is 180 Å². The largest absolute Gasteiger partial charge is 0.456 e. The highest BCUT2D eigenvalue weighted by atomic mass is 16.3. The van der Waals surface area contributed by atoms with E-state index in [1.807, 2.05) is 30.3 Å². The molecule has 0 amide bonds. The molecular formula is C47H29N3O2. The predicted molar refractivity (Wildman–Crippen MR) is 213 cm³/mol. The molecule has 1 atom stereocenters. The Morgan fingerprint density at radius 2 is 1.19 bits per heavy atom. The Kier molecular flexibility index (Phi) is 6.25. The highest BCUT2D eigenvalue weighted by Gasteiger charge is 2.26. The Bertz CT molecular complexity index is 3110. The summed E-state index contributed by atoms with van der Waals surface area (Å²) in [5.74, 6) is 1.40. The van der Waals surface area contributed by atoms with E-state index in [-0.39, 0.29) is 6.17 Å². The lowest BCUT2D eigenvalue weighted by Gasteiger charge is -2.24. The van der Waals surface area contributed by atoms with Crippen LogP contribution in [0.1, 0.15) is 22.9 Å². The molecule has 8 aromatic carbocycles. The predicted octanol–water partition coefficient (Wildman–Crippen LogP) is 12.0. The average Bonchev–Trinajstić information content (AvgIpc) is 3.77. The first-order valence-electron chi connectivity index (χ1n) is 17.5. The molecule has 2 aromatic heterocycles. The quantitative estimate of drug-likeness (QED) is 0.203. The van der Waals surface area contributed by atoms with Gasteiger partial charge in [-0.15, -0.1) is 0 Å². The molecule has 0 aliphatic carbocycles. The van der Waals surface area contributed by atoms with Crippen LogP contribution in [-0.2, 0) is 0 Å². The minimum atomic E-state index is -0.364. The number of hydrogen-bond acceptors (Lipinski definition) is 5. The number of benzene rings is 8. The first kappa shape index (κ1) is 28.8. The van der Waals surface area contributed by atoms with E-state index in [2.05, 4.69) is 139 Å². The van der Waals surface area contributed by atoms with Crippen molar-refractivity contribution in [2.45, 2.75) is 6.17 Å². The number of furan rings is 2. The van der Waals surface area contributed by atoms with Gasteiger partial charge in [0.1, 0.15) is 34.3 Å². The van der Waals surface area contributed by atoms with E-state index in [9.17, 15) is 0 Å². The van der Waals surface area contributed by atoms with Crippen LogP contribution in [0.4, 0.5) is 0 Å². The SMILES string of the molecule is c1ccc(C2=NC(c3ccc4ccccc4c3)NC(c3cc(-c4cccc5c4oc4cc6ccccc6cc45)cc4oc5ccccc5c34)=N2)cc1. The molecule has 1 N–H and O–H groups in total. The van der Waals surface area contributed by atoms with Crippen LogP contribution < -0.4 is 5.32 Å². The molecule has 1 aliphatic rings. The molecule has 11 rings (SSSR count). The van der Waals surface area contributed by atoms with Gasteiger partial charge in [0, 0.05) is 38.2 Å². The fourth-order valence-corrected chi connectivity index (χ4v) is 7.76. The normalized spacial score (nSPS) is 14.7. The molecule has 0 fully saturated rings. The van der Waals surface area contributed by atoms with Crippen LogP contribution in [0, 0.1) is 0 Å². The number of hydrogen-bond donors (Lipinski definition) is 1. The topological polar surface area (TPSA) is 63.0 Å². The molecular weight excluding hydrogens is 639 g/mol. The highest BCUT2D eigenvalue weighted by molar-refractivity contribution is 6.23. The summed E-state index contributed by atoms with van der Waals surface area (Å²) in [4.78, 5) is 10.4. The number of nitrogens with one attached hydrogen (secondary N) is 1. The maximum Gasteiger partial charge on any atom is 0.159 e. The summed E-state index contributed by atoms with van der Waals surface area (Å²) >= 11 is 0. The molecule has 5 nitrogen and oxygen atoms in total. The van der Waals surface area contributed by atoms with Gasteiger partial charge in [-0.1, -0.05) is 127 Å². The maximum atomic E-state index is 6.69. The smallest absolute Gasteiger partial charge is 0.159 e. The molecule has 1 aliphatic heterocycles. The third kappa shape index (κ3) is 4.56. The molecule has 0 saturated heterocycles. The van der Waals surface area contributed by atoms with E-state index in [4.69, 9.17) is 18.8 Å². The van der Waals surface area contributed by atoms with Crippen LogP contribution in [0.2, 0.25) is 0 Å². The number of rotatable bonds is 4. The second-order valence-corrected chi connectivity index (χ2v) is 13.4. The Morgan fingerprint density at radius 1 is 0.462 bits per heavy atom. The summed E-state index contributed by atoms with van der Waals surface area (Å²) < 4.78 is 13.3. The van der Waals surface area contributed by atoms with E-state index in [1.165, 1.54) is 16.2 Å². The van der Waals surface area contributed by atoms with Gasteiger partial charge in [0.25, 0.3) is 0 Å². The number of para-hydroxylation sites is 2. The summed E-state index contributed by atoms with van der Waals surface area (Å²) in [5.41, 5.74) is 8.23. The van der Waals surface area contributed by atoms with Gasteiger partial charge in [-0.3, -0.25) is 0 Å². The van der Waals surface area contributed by atoms with Gasteiger partial charge in [0.2, 0.25) is 0 Å². The molecule has 52 heavy (non-hydrogen) atoms. The van der Waals surface area contributed by atoms with Crippen molar-refractivity contribution in [3.8, 4) is 11.1 Å². The van der Waals surface area contributed by atoms with Crippen molar-refractivity contribution in [1.82, 2.24) is 5.32 Å². The summed E-state index contributed by atoms with van der Waals surface area (Å²) in [7, 11) is 0. The van der Waals surface area contributed by atoms with E-state index in [0.29, 0.717) is 5.84 Å². The van der Waals surface area contributed by atoms with Gasteiger partial charge in [-0.2, -0.15) is 0 Å². The van der Waals surface area contributed by atoms with Crippen molar-refractivity contribution < 1.29 is 8.83 Å². The Balaban J connectivity index is 1.15. The second-order valence-electron chi connectivity index (χ2n) is 13.4.